The Bertz CT molecular complexity index is 1150. The smallest absolute Gasteiger partial charge is 0.312 e. The van der Waals surface area contributed by atoms with Gasteiger partial charge in [0.2, 0.25) is 0 Å². The van der Waals surface area contributed by atoms with Crippen LogP contribution in [0.25, 0.3) is 21.5 Å². The molecule has 8 heteroatoms. The van der Waals surface area contributed by atoms with Crippen molar-refractivity contribution in [2.75, 3.05) is 0 Å². The molecule has 0 radical (unpaired) electrons. The highest BCUT2D eigenvalue weighted by atomic mass is 32.1. The lowest BCUT2D eigenvalue weighted by molar-refractivity contribution is -0.144. The fraction of sp³-hybridized carbons (Fsp3) is 0.105. The number of aromatic amines is 1. The number of hydrogen-bond donors (Lipinski definition) is 1. The van der Waals surface area contributed by atoms with Crippen LogP contribution in [0.2, 0.25) is 0 Å². The second-order valence-corrected chi connectivity index (χ2v) is 6.60. The molecule has 0 atom stereocenters. The Labute approximate surface area is 157 Å². The second kappa shape index (κ2) is 7.46. The van der Waals surface area contributed by atoms with Crippen molar-refractivity contribution in [2.45, 2.75) is 13.0 Å². The van der Waals surface area contributed by atoms with Crippen LogP contribution in [-0.2, 0) is 22.6 Å². The van der Waals surface area contributed by atoms with E-state index in [9.17, 15) is 9.59 Å². The summed E-state index contributed by atoms with van der Waals surface area (Å²) in [6, 6.07) is 12.6. The standard InChI is InChI=1S/C19H14N4O3S/c24-17(9-16-13-5-1-2-6-14(13)18(25)23-22-16)26-10-12-11-27-19(21-12)15-7-3-4-8-20-15/h1-8,11H,9-10H2,(H,23,25). The monoisotopic (exact) mass is 378 g/mol. The van der Waals surface area contributed by atoms with Crippen LogP contribution in [0, 0.1) is 0 Å². The minimum atomic E-state index is -0.438. The summed E-state index contributed by atoms with van der Waals surface area (Å²) >= 11 is 1.44. The molecule has 0 fully saturated rings. The third kappa shape index (κ3) is 3.75. The van der Waals surface area contributed by atoms with E-state index >= 15 is 0 Å². The Hall–Kier alpha value is -3.39. The molecule has 134 valence electrons. The number of nitrogens with zero attached hydrogens (tertiary/aromatic N) is 3. The molecule has 0 amide bonds. The summed E-state index contributed by atoms with van der Waals surface area (Å²) in [5.41, 5.74) is 1.63. The van der Waals surface area contributed by atoms with Crippen molar-refractivity contribution < 1.29 is 9.53 Å². The van der Waals surface area contributed by atoms with Gasteiger partial charge in [0, 0.05) is 17.0 Å². The summed E-state index contributed by atoms with van der Waals surface area (Å²) in [4.78, 5) is 32.7. The van der Waals surface area contributed by atoms with Crippen molar-refractivity contribution in [2.24, 2.45) is 0 Å². The Morgan fingerprint density at radius 1 is 1.11 bits per heavy atom. The molecule has 4 aromatic rings. The van der Waals surface area contributed by atoms with Gasteiger partial charge in [-0.05, 0) is 18.2 Å². The highest BCUT2D eigenvalue weighted by Gasteiger charge is 2.13. The summed E-state index contributed by atoms with van der Waals surface area (Å²) in [7, 11) is 0. The molecule has 3 aromatic heterocycles. The quantitative estimate of drug-likeness (QED) is 0.536. The van der Waals surface area contributed by atoms with Crippen LogP contribution < -0.4 is 5.56 Å². The van der Waals surface area contributed by atoms with Gasteiger partial charge >= 0.3 is 5.97 Å². The molecule has 0 saturated heterocycles. The lowest BCUT2D eigenvalue weighted by Gasteiger charge is -2.05. The van der Waals surface area contributed by atoms with Crippen LogP contribution in [0.4, 0.5) is 0 Å². The van der Waals surface area contributed by atoms with Crippen LogP contribution in [0.3, 0.4) is 0 Å². The first kappa shape index (κ1) is 17.0. The minimum Gasteiger partial charge on any atom is -0.459 e. The molecule has 27 heavy (non-hydrogen) atoms. The van der Waals surface area contributed by atoms with Gasteiger partial charge < -0.3 is 4.74 Å². The number of nitrogens with one attached hydrogen (secondary N) is 1. The third-order valence-electron chi connectivity index (χ3n) is 3.90. The highest BCUT2D eigenvalue weighted by Crippen LogP contribution is 2.21. The maximum atomic E-state index is 12.2. The van der Waals surface area contributed by atoms with E-state index in [2.05, 4.69) is 20.2 Å². The molecule has 0 aliphatic heterocycles. The molecule has 1 N–H and O–H groups in total. The number of carbonyl (C=O) groups is 1. The van der Waals surface area contributed by atoms with Crippen LogP contribution in [0.5, 0.6) is 0 Å². The first-order chi connectivity index (χ1) is 13.2. The van der Waals surface area contributed by atoms with Gasteiger partial charge in [0.25, 0.3) is 5.56 Å². The number of ether oxygens (including phenoxy) is 1. The van der Waals surface area contributed by atoms with Gasteiger partial charge in [-0.2, -0.15) is 5.10 Å². The number of aromatic nitrogens is 4. The van der Waals surface area contributed by atoms with E-state index in [4.69, 9.17) is 4.74 Å². The molecule has 7 nitrogen and oxygen atoms in total. The van der Waals surface area contributed by atoms with Crippen molar-refractivity contribution >= 4 is 28.1 Å². The summed E-state index contributed by atoms with van der Waals surface area (Å²) in [6.45, 7) is 0.0729. The number of carbonyl (C=O) groups excluding carboxylic acids is 1. The predicted octanol–water partition coefficient (Wildman–Crippen LogP) is 2.73. The lowest BCUT2D eigenvalue weighted by Crippen LogP contribution is -2.15. The van der Waals surface area contributed by atoms with E-state index in [1.807, 2.05) is 23.6 Å². The topological polar surface area (TPSA) is 97.8 Å². The molecular formula is C19H14N4O3S. The van der Waals surface area contributed by atoms with Gasteiger partial charge in [-0.3, -0.25) is 14.6 Å². The van der Waals surface area contributed by atoms with Crippen molar-refractivity contribution in [3.63, 3.8) is 0 Å². The van der Waals surface area contributed by atoms with Crippen molar-refractivity contribution in [3.05, 3.63) is 75.8 Å². The predicted molar refractivity (Wildman–Crippen MR) is 101 cm³/mol. The number of fused-ring (bicyclic) bond motifs is 1. The zero-order chi connectivity index (χ0) is 18.6. The maximum absolute atomic E-state index is 12.2. The summed E-state index contributed by atoms with van der Waals surface area (Å²) in [5.74, 6) is -0.438. The second-order valence-electron chi connectivity index (χ2n) is 5.74. The molecule has 0 aliphatic rings. The Morgan fingerprint density at radius 2 is 1.93 bits per heavy atom. The van der Waals surface area contributed by atoms with E-state index in [0.717, 1.165) is 10.7 Å². The van der Waals surface area contributed by atoms with Crippen LogP contribution in [0.1, 0.15) is 11.4 Å². The van der Waals surface area contributed by atoms with Gasteiger partial charge in [-0.15, -0.1) is 11.3 Å². The maximum Gasteiger partial charge on any atom is 0.312 e. The number of esters is 1. The first-order valence-electron chi connectivity index (χ1n) is 8.18. The summed E-state index contributed by atoms with van der Waals surface area (Å²) < 4.78 is 5.31. The zero-order valence-corrected chi connectivity index (χ0v) is 14.9. The Kier molecular flexibility index (Phi) is 4.71. The number of rotatable bonds is 5. The molecule has 1 aromatic carbocycles. The van der Waals surface area contributed by atoms with Gasteiger partial charge in [-0.1, -0.05) is 24.3 Å². The lowest BCUT2D eigenvalue weighted by atomic mass is 10.1. The van der Waals surface area contributed by atoms with Gasteiger partial charge in [-0.25, -0.2) is 10.1 Å². The summed E-state index contributed by atoms with van der Waals surface area (Å²) in [5, 5.41) is 10.1. The van der Waals surface area contributed by atoms with Gasteiger partial charge in [0.05, 0.1) is 28.9 Å². The van der Waals surface area contributed by atoms with E-state index in [0.29, 0.717) is 22.2 Å². The zero-order valence-electron chi connectivity index (χ0n) is 14.1. The molecular weight excluding hydrogens is 364 g/mol. The van der Waals surface area contributed by atoms with Crippen LogP contribution >= 0.6 is 11.3 Å². The van der Waals surface area contributed by atoms with Crippen LogP contribution in [0.15, 0.2) is 58.8 Å². The fourth-order valence-electron chi connectivity index (χ4n) is 2.63. The number of hydrogen-bond acceptors (Lipinski definition) is 7. The minimum absolute atomic E-state index is 0.0332. The van der Waals surface area contributed by atoms with Gasteiger partial charge in [0.15, 0.2) is 0 Å². The number of thiazole rings is 1. The molecule has 0 unspecified atom stereocenters. The number of benzene rings is 1. The fourth-order valence-corrected chi connectivity index (χ4v) is 3.41. The molecule has 0 spiro atoms. The van der Waals surface area contributed by atoms with E-state index in [1.54, 1.807) is 30.5 Å². The van der Waals surface area contributed by atoms with Gasteiger partial charge in [0.1, 0.15) is 11.6 Å². The SMILES string of the molecule is O=C(Cc1n[nH]c(=O)c2ccccc12)OCc1csc(-c2ccccn2)n1. The Balaban J connectivity index is 1.43. The molecule has 3 heterocycles. The van der Waals surface area contributed by atoms with Crippen molar-refractivity contribution in [1.82, 2.24) is 20.2 Å². The highest BCUT2D eigenvalue weighted by molar-refractivity contribution is 7.13. The Morgan fingerprint density at radius 3 is 2.74 bits per heavy atom. The average molecular weight is 378 g/mol. The third-order valence-corrected chi connectivity index (χ3v) is 4.82. The normalized spacial score (nSPS) is 10.8. The van der Waals surface area contributed by atoms with Crippen LogP contribution in [-0.4, -0.2) is 26.1 Å². The molecule has 0 aliphatic carbocycles. The largest absolute Gasteiger partial charge is 0.459 e. The van der Waals surface area contributed by atoms with E-state index in [1.165, 1.54) is 11.3 Å². The molecule has 0 saturated carbocycles. The van der Waals surface area contributed by atoms with E-state index < -0.39 is 5.97 Å². The first-order valence-corrected chi connectivity index (χ1v) is 9.06. The number of H-pyrrole nitrogens is 1. The van der Waals surface area contributed by atoms with E-state index in [-0.39, 0.29) is 18.6 Å². The molecule has 0 bridgehead atoms. The average Bonchev–Trinajstić information content (AvgIpc) is 3.19. The molecule has 4 rings (SSSR count). The van der Waals surface area contributed by atoms with Crippen molar-refractivity contribution in [1.29, 1.82) is 0 Å². The summed E-state index contributed by atoms with van der Waals surface area (Å²) in [6.07, 6.45) is 1.67. The number of pyridine rings is 1. The van der Waals surface area contributed by atoms with Crippen molar-refractivity contribution in [3.8, 4) is 10.7 Å².